The van der Waals surface area contributed by atoms with Crippen molar-refractivity contribution in [2.45, 2.75) is 64.5 Å². The summed E-state index contributed by atoms with van der Waals surface area (Å²) >= 11 is 0. The Labute approximate surface area is 188 Å². The fourth-order valence-electron chi connectivity index (χ4n) is 4.87. The Morgan fingerprint density at radius 3 is 2.38 bits per heavy atom. The van der Waals surface area contributed by atoms with E-state index in [1.807, 2.05) is 30.9 Å². The number of hydrazine groups is 1. The smallest absolute Gasteiger partial charge is 0.344 e. The van der Waals surface area contributed by atoms with Crippen LogP contribution in [0, 0.1) is 0 Å². The summed E-state index contributed by atoms with van der Waals surface area (Å²) in [5.74, 6) is 0.733. The van der Waals surface area contributed by atoms with Gasteiger partial charge in [-0.05, 0) is 56.4 Å². The summed E-state index contributed by atoms with van der Waals surface area (Å²) in [6.07, 6.45) is 4.88. The van der Waals surface area contributed by atoms with Gasteiger partial charge in [-0.3, -0.25) is 19.9 Å². The summed E-state index contributed by atoms with van der Waals surface area (Å²) in [5.41, 5.74) is 3.95. The fourth-order valence-corrected chi connectivity index (χ4v) is 4.87. The standard InChI is InChI=1S/C23H32N4O5/c1-3-31-18-12-16-8-11-26(14-17(16)13-19(18)32-4-2)15-20(28)25-27-21(29)23(24-22(27)30)9-6-5-7-10-23/h12-13H,3-11,14-15H2,1-2H3,(H,24,30)(H,25,28). The first-order valence-electron chi connectivity index (χ1n) is 11.6. The van der Waals surface area contributed by atoms with Gasteiger partial charge in [-0.2, -0.15) is 5.01 Å². The minimum Gasteiger partial charge on any atom is -0.490 e. The van der Waals surface area contributed by atoms with Gasteiger partial charge in [-0.25, -0.2) is 4.79 Å². The molecule has 2 N–H and O–H groups in total. The molecule has 1 aromatic rings. The van der Waals surface area contributed by atoms with Crippen molar-refractivity contribution in [3.63, 3.8) is 0 Å². The lowest BCUT2D eigenvalue weighted by atomic mass is 9.82. The number of benzene rings is 1. The maximum atomic E-state index is 12.9. The number of nitrogens with one attached hydrogen (secondary N) is 2. The summed E-state index contributed by atoms with van der Waals surface area (Å²) < 4.78 is 11.4. The van der Waals surface area contributed by atoms with Gasteiger partial charge in [0.25, 0.3) is 11.8 Å². The van der Waals surface area contributed by atoms with Crippen LogP contribution in [0.3, 0.4) is 0 Å². The van der Waals surface area contributed by atoms with E-state index in [0.717, 1.165) is 42.0 Å². The average Bonchev–Trinajstić information content (AvgIpc) is 2.99. The van der Waals surface area contributed by atoms with E-state index in [9.17, 15) is 14.4 Å². The number of amides is 4. The Kier molecular flexibility index (Phi) is 6.55. The molecular formula is C23H32N4O5. The zero-order valence-electron chi connectivity index (χ0n) is 18.9. The second-order valence-corrected chi connectivity index (χ2v) is 8.64. The number of ether oxygens (including phenoxy) is 2. The van der Waals surface area contributed by atoms with Crippen LogP contribution in [0.5, 0.6) is 11.5 Å². The summed E-state index contributed by atoms with van der Waals surface area (Å²) in [6, 6.07) is 3.47. The van der Waals surface area contributed by atoms with Crippen LogP contribution < -0.4 is 20.2 Å². The lowest BCUT2D eigenvalue weighted by Gasteiger charge is -2.31. The van der Waals surface area contributed by atoms with Crippen LogP contribution in [0.1, 0.15) is 57.1 Å². The highest BCUT2D eigenvalue weighted by Gasteiger charge is 2.52. The number of hydrogen-bond donors (Lipinski definition) is 2. The van der Waals surface area contributed by atoms with Crippen molar-refractivity contribution >= 4 is 17.8 Å². The molecule has 3 aliphatic rings. The summed E-state index contributed by atoms with van der Waals surface area (Å²) in [4.78, 5) is 39.9. The van der Waals surface area contributed by atoms with Crippen molar-refractivity contribution in [1.82, 2.24) is 20.7 Å². The minimum absolute atomic E-state index is 0.0979. The molecule has 32 heavy (non-hydrogen) atoms. The van der Waals surface area contributed by atoms with Gasteiger partial charge in [0.15, 0.2) is 11.5 Å². The first kappa shape index (κ1) is 22.4. The van der Waals surface area contributed by atoms with Crippen molar-refractivity contribution < 1.29 is 23.9 Å². The Morgan fingerprint density at radius 2 is 1.72 bits per heavy atom. The Morgan fingerprint density at radius 1 is 1.06 bits per heavy atom. The van der Waals surface area contributed by atoms with Gasteiger partial charge < -0.3 is 14.8 Å². The molecule has 0 unspecified atom stereocenters. The highest BCUT2D eigenvalue weighted by molar-refractivity contribution is 6.08. The zero-order valence-corrected chi connectivity index (χ0v) is 18.9. The van der Waals surface area contributed by atoms with Crippen LogP contribution in [0.25, 0.3) is 0 Å². The molecular weight excluding hydrogens is 412 g/mol. The summed E-state index contributed by atoms with van der Waals surface area (Å²) in [5, 5.41) is 3.68. The number of carbonyl (C=O) groups excluding carboxylic acids is 3. The number of fused-ring (bicyclic) bond motifs is 1. The van der Waals surface area contributed by atoms with Crippen LogP contribution >= 0.6 is 0 Å². The first-order valence-corrected chi connectivity index (χ1v) is 11.6. The van der Waals surface area contributed by atoms with Gasteiger partial charge in [0.2, 0.25) is 0 Å². The van der Waals surface area contributed by atoms with E-state index in [1.165, 1.54) is 5.56 Å². The molecule has 174 valence electrons. The maximum absolute atomic E-state index is 12.9. The molecule has 9 nitrogen and oxygen atoms in total. The van der Waals surface area contributed by atoms with Crippen LogP contribution in [-0.4, -0.2) is 59.6 Å². The molecule has 1 saturated carbocycles. The third-order valence-corrected chi connectivity index (χ3v) is 6.43. The third-order valence-electron chi connectivity index (χ3n) is 6.43. The zero-order chi connectivity index (χ0) is 22.7. The highest BCUT2D eigenvalue weighted by atomic mass is 16.5. The molecule has 0 bridgehead atoms. The quantitative estimate of drug-likeness (QED) is 0.625. The van der Waals surface area contributed by atoms with Gasteiger partial charge in [0, 0.05) is 13.1 Å². The summed E-state index contributed by atoms with van der Waals surface area (Å²) in [7, 11) is 0. The minimum atomic E-state index is -0.847. The van der Waals surface area contributed by atoms with E-state index in [2.05, 4.69) is 10.7 Å². The van der Waals surface area contributed by atoms with Crippen LogP contribution in [0.2, 0.25) is 0 Å². The van der Waals surface area contributed by atoms with E-state index < -0.39 is 11.6 Å². The molecule has 9 heteroatoms. The molecule has 0 atom stereocenters. The van der Waals surface area contributed by atoms with Crippen LogP contribution in [0.4, 0.5) is 4.79 Å². The van der Waals surface area contributed by atoms with Crippen molar-refractivity contribution in [3.05, 3.63) is 23.3 Å². The number of imide groups is 1. The largest absolute Gasteiger partial charge is 0.490 e. The molecule has 2 heterocycles. The van der Waals surface area contributed by atoms with Crippen LogP contribution in [0.15, 0.2) is 12.1 Å². The number of carbonyl (C=O) groups is 3. The predicted molar refractivity (Wildman–Crippen MR) is 117 cm³/mol. The van der Waals surface area contributed by atoms with Gasteiger partial charge in [-0.1, -0.05) is 19.3 Å². The van der Waals surface area contributed by atoms with E-state index in [-0.39, 0.29) is 18.4 Å². The van der Waals surface area contributed by atoms with E-state index >= 15 is 0 Å². The van der Waals surface area contributed by atoms with Crippen molar-refractivity contribution in [3.8, 4) is 11.5 Å². The van der Waals surface area contributed by atoms with Gasteiger partial charge in [0.05, 0.1) is 19.8 Å². The predicted octanol–water partition coefficient (Wildman–Crippen LogP) is 2.13. The van der Waals surface area contributed by atoms with Gasteiger partial charge in [-0.15, -0.1) is 0 Å². The van der Waals surface area contributed by atoms with Gasteiger partial charge in [0.1, 0.15) is 5.54 Å². The van der Waals surface area contributed by atoms with E-state index in [0.29, 0.717) is 44.9 Å². The normalized spacial score (nSPS) is 20.1. The molecule has 1 spiro atoms. The highest BCUT2D eigenvalue weighted by Crippen LogP contribution is 2.34. The summed E-state index contributed by atoms with van der Waals surface area (Å²) in [6.45, 7) is 6.35. The average molecular weight is 445 g/mol. The molecule has 1 saturated heterocycles. The molecule has 4 rings (SSSR count). The van der Waals surface area contributed by atoms with Crippen molar-refractivity contribution in [2.24, 2.45) is 0 Å². The van der Waals surface area contributed by atoms with E-state index in [1.54, 1.807) is 0 Å². The Hall–Kier alpha value is -2.81. The lowest BCUT2D eigenvalue weighted by Crippen LogP contribution is -2.52. The Bertz CT molecular complexity index is 897. The maximum Gasteiger partial charge on any atom is 0.344 e. The molecule has 1 aromatic carbocycles. The van der Waals surface area contributed by atoms with Crippen molar-refractivity contribution in [1.29, 1.82) is 0 Å². The van der Waals surface area contributed by atoms with Crippen LogP contribution in [-0.2, 0) is 22.6 Å². The second kappa shape index (κ2) is 9.36. The molecule has 2 aliphatic heterocycles. The van der Waals surface area contributed by atoms with E-state index in [4.69, 9.17) is 9.47 Å². The second-order valence-electron chi connectivity index (χ2n) is 8.64. The first-order chi connectivity index (χ1) is 15.5. The molecule has 1 aliphatic carbocycles. The Balaban J connectivity index is 1.38. The number of hydrogen-bond acceptors (Lipinski definition) is 6. The number of rotatable bonds is 7. The molecule has 0 radical (unpaired) electrons. The topological polar surface area (TPSA) is 100 Å². The number of nitrogens with zero attached hydrogens (tertiary/aromatic N) is 2. The van der Waals surface area contributed by atoms with Gasteiger partial charge >= 0.3 is 6.03 Å². The SMILES string of the molecule is CCOc1cc2c(cc1OCC)CN(CC(=O)NN1C(=O)NC3(CCCCC3)C1=O)CC2. The lowest BCUT2D eigenvalue weighted by molar-refractivity contribution is -0.140. The third kappa shape index (κ3) is 4.39. The van der Waals surface area contributed by atoms with Crippen molar-refractivity contribution in [2.75, 3.05) is 26.3 Å². The fraction of sp³-hybridized carbons (Fsp3) is 0.609. The molecule has 2 fully saturated rings. The monoisotopic (exact) mass is 444 g/mol. The molecule has 4 amide bonds. The number of urea groups is 1. The molecule has 0 aromatic heterocycles.